The van der Waals surface area contributed by atoms with Crippen LogP contribution < -0.4 is 4.90 Å². The van der Waals surface area contributed by atoms with Crippen LogP contribution in [0.5, 0.6) is 0 Å². The minimum atomic E-state index is -0.325. The molecule has 1 fully saturated rings. The van der Waals surface area contributed by atoms with Gasteiger partial charge in [0.15, 0.2) is 0 Å². The molecule has 4 heteroatoms. The van der Waals surface area contributed by atoms with Gasteiger partial charge in [-0.1, -0.05) is 54.1 Å². The number of aryl methyl sites for hydroxylation is 1. The van der Waals surface area contributed by atoms with E-state index in [-0.39, 0.29) is 17.1 Å². The minimum Gasteiger partial charge on any atom is -0.307 e. The van der Waals surface area contributed by atoms with Gasteiger partial charge in [-0.25, -0.2) is 4.39 Å². The van der Waals surface area contributed by atoms with Crippen molar-refractivity contribution in [2.24, 2.45) is 0 Å². The van der Waals surface area contributed by atoms with Crippen molar-refractivity contribution in [1.82, 2.24) is 4.90 Å². The molecule has 4 aromatic rings. The molecule has 176 valence electrons. The number of anilines is 1. The Hall–Kier alpha value is -3.50. The lowest BCUT2D eigenvalue weighted by atomic mass is 9.74. The third-order valence-electron chi connectivity index (χ3n) is 7.84. The molecule has 4 aromatic carbocycles. The molecule has 0 aromatic heterocycles. The maximum Gasteiger partial charge on any atom is 0.258 e. The van der Waals surface area contributed by atoms with Crippen molar-refractivity contribution in [1.29, 1.82) is 0 Å². The molecule has 0 radical (unpaired) electrons. The summed E-state index contributed by atoms with van der Waals surface area (Å²) in [5.41, 5.74) is 5.36. The number of nitrogens with zero attached hydrogens (tertiary/aromatic N) is 2. The van der Waals surface area contributed by atoms with Crippen LogP contribution in [0, 0.1) is 12.7 Å². The van der Waals surface area contributed by atoms with Crippen molar-refractivity contribution in [2.45, 2.75) is 31.7 Å². The maximum absolute atomic E-state index is 13.4. The van der Waals surface area contributed by atoms with E-state index in [9.17, 15) is 9.18 Å². The minimum absolute atomic E-state index is 0.0308. The molecule has 1 amide bonds. The van der Waals surface area contributed by atoms with E-state index in [2.05, 4.69) is 72.5 Å². The van der Waals surface area contributed by atoms with E-state index in [0.717, 1.165) is 38.2 Å². The maximum atomic E-state index is 13.4. The highest BCUT2D eigenvalue weighted by Gasteiger charge is 2.46. The topological polar surface area (TPSA) is 23.6 Å². The number of fused-ring (bicyclic) bond motifs is 3. The van der Waals surface area contributed by atoms with Gasteiger partial charge in [0.25, 0.3) is 5.91 Å². The Bertz CT molecular complexity index is 1400. The number of benzene rings is 4. The summed E-state index contributed by atoms with van der Waals surface area (Å²) < 4.78 is 13.4. The molecule has 0 N–H and O–H groups in total. The van der Waals surface area contributed by atoms with Crippen LogP contribution >= 0.6 is 0 Å². The number of piperidine rings is 1. The summed E-state index contributed by atoms with van der Waals surface area (Å²) in [6.45, 7) is 5.75. The molecule has 6 rings (SSSR count). The highest BCUT2D eigenvalue weighted by Crippen LogP contribution is 2.48. The molecule has 3 nitrogen and oxygen atoms in total. The fourth-order valence-electron chi connectivity index (χ4n) is 5.87. The van der Waals surface area contributed by atoms with Crippen molar-refractivity contribution in [3.8, 4) is 0 Å². The average molecular weight is 465 g/mol. The van der Waals surface area contributed by atoms with Gasteiger partial charge in [-0.05, 0) is 91.2 Å². The summed E-state index contributed by atoms with van der Waals surface area (Å²) in [5, 5.41) is 2.56. The zero-order valence-corrected chi connectivity index (χ0v) is 20.0. The van der Waals surface area contributed by atoms with Crippen molar-refractivity contribution in [3.63, 3.8) is 0 Å². The Morgan fingerprint density at radius 1 is 0.886 bits per heavy atom. The fraction of sp³-hybridized carbons (Fsp3) is 0.258. The first-order valence-electron chi connectivity index (χ1n) is 12.4. The Kier molecular flexibility index (Phi) is 5.42. The molecule has 0 aliphatic carbocycles. The van der Waals surface area contributed by atoms with Crippen LogP contribution in [0.15, 0.2) is 84.9 Å². The number of halogens is 1. The van der Waals surface area contributed by atoms with E-state index in [1.807, 2.05) is 4.90 Å². The Morgan fingerprint density at radius 2 is 1.63 bits per heavy atom. The van der Waals surface area contributed by atoms with Gasteiger partial charge in [0.2, 0.25) is 0 Å². The van der Waals surface area contributed by atoms with Crippen LogP contribution in [0.1, 0.15) is 39.9 Å². The first-order chi connectivity index (χ1) is 17.0. The summed E-state index contributed by atoms with van der Waals surface area (Å²) in [6, 6.07) is 27.6. The second-order valence-electron chi connectivity index (χ2n) is 10.2. The quantitative estimate of drug-likeness (QED) is 0.346. The van der Waals surface area contributed by atoms with Gasteiger partial charge >= 0.3 is 0 Å². The first kappa shape index (κ1) is 22.0. The smallest absolute Gasteiger partial charge is 0.258 e. The summed E-state index contributed by atoms with van der Waals surface area (Å²) in [4.78, 5) is 17.9. The zero-order valence-electron chi connectivity index (χ0n) is 20.0. The van der Waals surface area contributed by atoms with Crippen LogP contribution in [-0.4, -0.2) is 30.4 Å². The van der Waals surface area contributed by atoms with Crippen molar-refractivity contribution in [2.75, 3.05) is 24.5 Å². The predicted molar refractivity (Wildman–Crippen MR) is 139 cm³/mol. The molecule has 0 atom stereocenters. The number of carbonyl (C=O) groups is 1. The molecular formula is C31H29FN2O. The highest BCUT2D eigenvalue weighted by molar-refractivity contribution is 6.07. The van der Waals surface area contributed by atoms with Gasteiger partial charge in [-0.15, -0.1) is 0 Å². The van der Waals surface area contributed by atoms with Crippen LogP contribution in [0.2, 0.25) is 0 Å². The van der Waals surface area contributed by atoms with Gasteiger partial charge in [0.05, 0.1) is 0 Å². The van der Waals surface area contributed by atoms with E-state index in [1.165, 1.54) is 39.6 Å². The highest BCUT2D eigenvalue weighted by atomic mass is 19.1. The lowest BCUT2D eigenvalue weighted by Crippen LogP contribution is -2.45. The van der Waals surface area contributed by atoms with E-state index in [0.29, 0.717) is 12.1 Å². The third-order valence-corrected chi connectivity index (χ3v) is 7.84. The second kappa shape index (κ2) is 8.62. The molecule has 1 spiro atoms. The predicted octanol–water partition coefficient (Wildman–Crippen LogP) is 6.48. The number of hydrogen-bond acceptors (Lipinski definition) is 2. The van der Waals surface area contributed by atoms with Crippen LogP contribution in [0.25, 0.3) is 10.8 Å². The molecule has 35 heavy (non-hydrogen) atoms. The standard InChI is InChI=1S/C31H29FN2O/c1-22-6-13-29-28(18-22)31(21-34(29)30(35)25-9-11-27(32)12-10-25)14-16-33(17-15-31)20-23-7-8-24-4-2-3-5-26(24)19-23/h2-13,18-19H,14-17,20-21H2,1H3. The Balaban J connectivity index is 1.23. The number of amides is 1. The first-order valence-corrected chi connectivity index (χ1v) is 12.4. The largest absolute Gasteiger partial charge is 0.307 e. The number of likely N-dealkylation sites (tertiary alicyclic amines) is 1. The third kappa shape index (κ3) is 4.02. The Morgan fingerprint density at radius 3 is 2.40 bits per heavy atom. The van der Waals surface area contributed by atoms with Crippen molar-refractivity contribution in [3.05, 3.63) is 113 Å². The SMILES string of the molecule is Cc1ccc2c(c1)C1(CCN(Cc3ccc4ccccc4c3)CC1)CN2C(=O)c1ccc(F)cc1. The summed E-state index contributed by atoms with van der Waals surface area (Å²) in [7, 11) is 0. The number of hydrogen-bond donors (Lipinski definition) is 0. The molecule has 2 heterocycles. The van der Waals surface area contributed by atoms with Gasteiger partial charge in [0.1, 0.15) is 5.82 Å². The molecule has 0 unspecified atom stereocenters. The van der Waals surface area contributed by atoms with Gasteiger partial charge in [-0.3, -0.25) is 9.69 Å². The zero-order chi connectivity index (χ0) is 24.0. The molecule has 2 aliphatic heterocycles. The summed E-state index contributed by atoms with van der Waals surface area (Å²) in [5.74, 6) is -0.375. The normalized spacial score (nSPS) is 17.1. The summed E-state index contributed by atoms with van der Waals surface area (Å²) in [6.07, 6.45) is 2.04. The molecule has 1 saturated heterocycles. The molecular weight excluding hydrogens is 435 g/mol. The van der Waals surface area contributed by atoms with Gasteiger partial charge < -0.3 is 4.90 Å². The summed E-state index contributed by atoms with van der Waals surface area (Å²) >= 11 is 0. The van der Waals surface area contributed by atoms with Crippen LogP contribution in [-0.2, 0) is 12.0 Å². The van der Waals surface area contributed by atoms with E-state index in [4.69, 9.17) is 0 Å². The van der Waals surface area contributed by atoms with Gasteiger partial charge in [0, 0.05) is 29.8 Å². The van der Waals surface area contributed by atoms with E-state index >= 15 is 0 Å². The number of rotatable bonds is 3. The second-order valence-corrected chi connectivity index (χ2v) is 10.2. The molecule has 0 bridgehead atoms. The van der Waals surface area contributed by atoms with Gasteiger partial charge in [-0.2, -0.15) is 0 Å². The van der Waals surface area contributed by atoms with Crippen molar-refractivity contribution >= 4 is 22.4 Å². The van der Waals surface area contributed by atoms with Crippen LogP contribution in [0.3, 0.4) is 0 Å². The lowest BCUT2D eigenvalue weighted by Gasteiger charge is -2.40. The van der Waals surface area contributed by atoms with E-state index in [1.54, 1.807) is 12.1 Å². The van der Waals surface area contributed by atoms with Crippen molar-refractivity contribution < 1.29 is 9.18 Å². The van der Waals surface area contributed by atoms with E-state index < -0.39 is 0 Å². The molecule has 0 saturated carbocycles. The van der Waals surface area contributed by atoms with Crippen LogP contribution in [0.4, 0.5) is 10.1 Å². The Labute approximate surface area is 205 Å². The lowest BCUT2D eigenvalue weighted by molar-refractivity contribution is 0.0975. The monoisotopic (exact) mass is 464 g/mol. The fourth-order valence-corrected chi connectivity index (χ4v) is 5.87. The molecule has 2 aliphatic rings. The number of carbonyl (C=O) groups excluding carboxylic acids is 1. The average Bonchev–Trinajstić information content (AvgIpc) is 3.18.